The Morgan fingerprint density at radius 1 is 1.00 bits per heavy atom. The number of pyridine rings is 2. The summed E-state index contributed by atoms with van der Waals surface area (Å²) < 4.78 is 2.20. The highest BCUT2D eigenvalue weighted by Crippen LogP contribution is 2.39. The zero-order valence-corrected chi connectivity index (χ0v) is 12.9. The van der Waals surface area contributed by atoms with E-state index in [1.807, 2.05) is 12.4 Å². The molecule has 0 radical (unpaired) electrons. The molecule has 112 valence electrons. The van der Waals surface area contributed by atoms with Crippen LogP contribution in [0.5, 0.6) is 0 Å². The van der Waals surface area contributed by atoms with Crippen LogP contribution in [0.15, 0.2) is 30.6 Å². The number of hydrogen-bond acceptors (Lipinski definition) is 3. The van der Waals surface area contributed by atoms with Crippen LogP contribution in [-0.2, 0) is 7.05 Å². The summed E-state index contributed by atoms with van der Waals surface area (Å²) in [5, 5.41) is 2.40. The van der Waals surface area contributed by atoms with Crippen molar-refractivity contribution in [2.24, 2.45) is 7.05 Å². The number of aromatic nitrogens is 3. The Kier molecular flexibility index (Phi) is 2.52. The summed E-state index contributed by atoms with van der Waals surface area (Å²) in [5.74, 6) is 1.17. The van der Waals surface area contributed by atoms with E-state index >= 15 is 0 Å². The topological polar surface area (TPSA) is 34.0 Å². The van der Waals surface area contributed by atoms with Crippen molar-refractivity contribution < 1.29 is 0 Å². The molecule has 0 saturated carbocycles. The van der Waals surface area contributed by atoms with E-state index in [-0.39, 0.29) is 0 Å². The molecule has 2 atom stereocenters. The summed E-state index contributed by atoms with van der Waals surface area (Å²) >= 11 is 0. The zero-order valence-electron chi connectivity index (χ0n) is 12.9. The minimum Gasteiger partial charge on any atom is -0.351 e. The zero-order chi connectivity index (χ0) is 14.7. The largest absolute Gasteiger partial charge is 0.351 e. The van der Waals surface area contributed by atoms with Gasteiger partial charge >= 0.3 is 0 Å². The van der Waals surface area contributed by atoms with Crippen LogP contribution in [0.2, 0.25) is 0 Å². The predicted molar refractivity (Wildman–Crippen MR) is 89.2 cm³/mol. The van der Waals surface area contributed by atoms with Crippen LogP contribution in [0.3, 0.4) is 0 Å². The van der Waals surface area contributed by atoms with Crippen molar-refractivity contribution in [2.45, 2.75) is 44.2 Å². The van der Waals surface area contributed by atoms with Gasteiger partial charge < -0.3 is 9.47 Å². The molecule has 0 amide bonds. The van der Waals surface area contributed by atoms with Crippen molar-refractivity contribution in [1.82, 2.24) is 14.5 Å². The van der Waals surface area contributed by atoms with Crippen LogP contribution in [0.4, 0.5) is 5.82 Å². The van der Waals surface area contributed by atoms with E-state index in [0.717, 1.165) is 5.65 Å². The number of piperidine rings is 1. The molecule has 0 aromatic carbocycles. The van der Waals surface area contributed by atoms with Gasteiger partial charge in [0, 0.05) is 42.3 Å². The molecule has 5 rings (SSSR count). The van der Waals surface area contributed by atoms with Gasteiger partial charge in [0.2, 0.25) is 0 Å². The molecule has 2 aliphatic rings. The van der Waals surface area contributed by atoms with E-state index in [2.05, 4.69) is 39.7 Å². The van der Waals surface area contributed by atoms with Crippen LogP contribution >= 0.6 is 0 Å². The number of anilines is 1. The van der Waals surface area contributed by atoms with Gasteiger partial charge in [-0.1, -0.05) is 0 Å². The molecule has 22 heavy (non-hydrogen) atoms. The van der Waals surface area contributed by atoms with Gasteiger partial charge in [-0.2, -0.15) is 0 Å². The van der Waals surface area contributed by atoms with Gasteiger partial charge in [-0.05, 0) is 50.3 Å². The second kappa shape index (κ2) is 4.45. The average molecular weight is 292 g/mol. The van der Waals surface area contributed by atoms with Crippen LogP contribution in [0.25, 0.3) is 21.9 Å². The summed E-state index contributed by atoms with van der Waals surface area (Å²) in [7, 11) is 2.10. The van der Waals surface area contributed by atoms with Crippen LogP contribution in [-0.4, -0.2) is 26.6 Å². The molecule has 2 saturated heterocycles. The Hall–Kier alpha value is -2.10. The van der Waals surface area contributed by atoms with Crippen LogP contribution < -0.4 is 4.90 Å². The monoisotopic (exact) mass is 292 g/mol. The number of rotatable bonds is 1. The number of aryl methyl sites for hydroxylation is 1. The predicted octanol–water partition coefficient (Wildman–Crippen LogP) is 3.64. The Bertz CT molecular complexity index is 850. The minimum absolute atomic E-state index is 0.708. The molecule has 2 fully saturated rings. The summed E-state index contributed by atoms with van der Waals surface area (Å²) in [5.41, 5.74) is 2.28. The van der Waals surface area contributed by atoms with Gasteiger partial charge in [0.1, 0.15) is 11.5 Å². The second-order valence-corrected chi connectivity index (χ2v) is 6.72. The van der Waals surface area contributed by atoms with E-state index in [0.29, 0.717) is 12.1 Å². The van der Waals surface area contributed by atoms with Crippen LogP contribution in [0, 0.1) is 0 Å². The molecular weight excluding hydrogens is 272 g/mol. The van der Waals surface area contributed by atoms with Crippen molar-refractivity contribution >= 4 is 27.8 Å². The van der Waals surface area contributed by atoms with Crippen LogP contribution in [0.1, 0.15) is 32.1 Å². The maximum Gasteiger partial charge on any atom is 0.143 e. The normalized spacial score (nSPS) is 24.5. The Balaban J connectivity index is 1.70. The van der Waals surface area contributed by atoms with Gasteiger partial charge in [-0.15, -0.1) is 0 Å². The highest BCUT2D eigenvalue weighted by Gasteiger charge is 2.37. The summed E-state index contributed by atoms with van der Waals surface area (Å²) in [4.78, 5) is 11.9. The molecule has 2 unspecified atom stereocenters. The summed E-state index contributed by atoms with van der Waals surface area (Å²) in [6, 6.07) is 7.93. The van der Waals surface area contributed by atoms with Gasteiger partial charge in [-0.3, -0.25) is 4.98 Å². The lowest BCUT2D eigenvalue weighted by atomic mass is 10.0. The Morgan fingerprint density at radius 2 is 1.82 bits per heavy atom. The summed E-state index contributed by atoms with van der Waals surface area (Å²) in [6.07, 6.45) is 10.5. The maximum atomic E-state index is 5.04. The number of hydrogen-bond donors (Lipinski definition) is 0. The lowest BCUT2D eigenvalue weighted by Crippen LogP contribution is -2.40. The fourth-order valence-corrected chi connectivity index (χ4v) is 4.54. The van der Waals surface area contributed by atoms with Gasteiger partial charge in [-0.25, -0.2) is 4.98 Å². The first kappa shape index (κ1) is 12.4. The molecule has 2 aliphatic heterocycles. The molecule has 3 aromatic heterocycles. The van der Waals surface area contributed by atoms with Crippen molar-refractivity contribution in [3.05, 3.63) is 30.6 Å². The lowest BCUT2D eigenvalue weighted by molar-refractivity contribution is 0.465. The molecule has 2 bridgehead atoms. The van der Waals surface area contributed by atoms with Crippen molar-refractivity contribution in [3.8, 4) is 0 Å². The fraction of sp³-hybridized carbons (Fsp3) is 0.444. The third-order valence-corrected chi connectivity index (χ3v) is 5.59. The average Bonchev–Trinajstić information content (AvgIpc) is 2.99. The van der Waals surface area contributed by atoms with E-state index < -0.39 is 0 Å². The second-order valence-electron chi connectivity index (χ2n) is 6.72. The first-order valence-electron chi connectivity index (χ1n) is 8.30. The third-order valence-electron chi connectivity index (χ3n) is 5.59. The Labute approximate surface area is 129 Å². The highest BCUT2D eigenvalue weighted by molar-refractivity contribution is 6.06. The lowest BCUT2D eigenvalue weighted by Gasteiger charge is -2.35. The SMILES string of the molecule is Cn1c2ccncc2c2ccc(N3C4CCCC3CC4)nc21. The smallest absolute Gasteiger partial charge is 0.143 e. The third kappa shape index (κ3) is 1.58. The first-order valence-corrected chi connectivity index (χ1v) is 8.30. The minimum atomic E-state index is 0.708. The van der Waals surface area contributed by atoms with Crippen molar-refractivity contribution in [2.75, 3.05) is 4.90 Å². The van der Waals surface area contributed by atoms with E-state index in [1.165, 1.54) is 54.2 Å². The van der Waals surface area contributed by atoms with E-state index in [9.17, 15) is 0 Å². The standard InChI is InChI=1S/C18H20N4/c1-21-16-9-10-19-11-15(16)14-7-8-17(20-18(14)21)22-12-3-2-4-13(22)6-5-12/h7-13H,2-6H2,1H3. The molecule has 0 aliphatic carbocycles. The van der Waals surface area contributed by atoms with Gasteiger partial charge in [0.05, 0.1) is 5.52 Å². The van der Waals surface area contributed by atoms with Gasteiger partial charge in [0.15, 0.2) is 0 Å². The van der Waals surface area contributed by atoms with Crippen molar-refractivity contribution in [3.63, 3.8) is 0 Å². The number of fused-ring (bicyclic) bond motifs is 5. The van der Waals surface area contributed by atoms with E-state index in [1.54, 1.807) is 0 Å². The summed E-state index contributed by atoms with van der Waals surface area (Å²) in [6.45, 7) is 0. The van der Waals surface area contributed by atoms with E-state index in [4.69, 9.17) is 4.98 Å². The molecular formula is C18H20N4. The first-order chi connectivity index (χ1) is 10.8. The highest BCUT2D eigenvalue weighted by atomic mass is 15.3. The van der Waals surface area contributed by atoms with Gasteiger partial charge in [0.25, 0.3) is 0 Å². The molecule has 4 nitrogen and oxygen atoms in total. The molecule has 0 spiro atoms. The number of nitrogens with zero attached hydrogens (tertiary/aromatic N) is 4. The molecule has 0 N–H and O–H groups in total. The van der Waals surface area contributed by atoms with Crippen molar-refractivity contribution in [1.29, 1.82) is 0 Å². The fourth-order valence-electron chi connectivity index (χ4n) is 4.54. The molecule has 4 heteroatoms. The quantitative estimate of drug-likeness (QED) is 0.686. The maximum absolute atomic E-state index is 5.04. The molecule has 3 aromatic rings. The Morgan fingerprint density at radius 3 is 2.64 bits per heavy atom. The molecule has 5 heterocycles.